The van der Waals surface area contributed by atoms with Gasteiger partial charge < -0.3 is 15.3 Å². The number of rotatable bonds is 4. The maximum Gasteiger partial charge on any atom is 0.325 e. The highest BCUT2D eigenvalue weighted by Gasteiger charge is 2.09. The Morgan fingerprint density at radius 3 is 2.67 bits per heavy atom. The molecule has 0 bridgehead atoms. The fraction of sp³-hybridized carbons (Fsp3) is 0.364. The van der Waals surface area contributed by atoms with Gasteiger partial charge in [-0.1, -0.05) is 6.07 Å². The summed E-state index contributed by atoms with van der Waals surface area (Å²) in [6, 6.07) is 7.05. The Morgan fingerprint density at radius 1 is 1.47 bits per heavy atom. The average molecular weight is 208 g/mol. The topological polar surface area (TPSA) is 52.6 Å². The number of benzene rings is 1. The van der Waals surface area contributed by atoms with Crippen LogP contribution in [0.1, 0.15) is 6.92 Å². The average Bonchev–Trinajstić information content (AvgIpc) is 2.18. The van der Waals surface area contributed by atoms with Crippen molar-refractivity contribution in [3.63, 3.8) is 0 Å². The lowest BCUT2D eigenvalue weighted by Gasteiger charge is -2.15. The van der Waals surface area contributed by atoms with Crippen molar-refractivity contribution in [3.8, 4) is 0 Å². The predicted molar refractivity (Wildman–Crippen MR) is 61.5 cm³/mol. The first-order valence-electron chi connectivity index (χ1n) is 4.77. The maximum absolute atomic E-state index is 10.6. The normalized spacial score (nSPS) is 11.9. The largest absolute Gasteiger partial charge is 0.480 e. The van der Waals surface area contributed by atoms with Crippen molar-refractivity contribution in [2.45, 2.75) is 13.0 Å². The number of aliphatic carboxylic acids is 1. The van der Waals surface area contributed by atoms with E-state index < -0.39 is 12.0 Å². The van der Waals surface area contributed by atoms with Crippen LogP contribution in [0.5, 0.6) is 0 Å². The van der Waals surface area contributed by atoms with Crippen LogP contribution in [0.4, 0.5) is 11.4 Å². The van der Waals surface area contributed by atoms with Gasteiger partial charge >= 0.3 is 5.97 Å². The molecule has 0 saturated carbocycles. The van der Waals surface area contributed by atoms with Crippen molar-refractivity contribution in [1.29, 1.82) is 0 Å². The van der Waals surface area contributed by atoms with Crippen molar-refractivity contribution in [1.82, 2.24) is 0 Å². The van der Waals surface area contributed by atoms with Gasteiger partial charge in [0.05, 0.1) is 0 Å². The van der Waals surface area contributed by atoms with E-state index >= 15 is 0 Å². The molecule has 0 aliphatic heterocycles. The van der Waals surface area contributed by atoms with Crippen LogP contribution in [0, 0.1) is 0 Å². The lowest BCUT2D eigenvalue weighted by Crippen LogP contribution is -2.25. The van der Waals surface area contributed by atoms with E-state index in [1.165, 1.54) is 0 Å². The highest BCUT2D eigenvalue weighted by Crippen LogP contribution is 2.17. The predicted octanol–water partition coefficient (Wildman–Crippen LogP) is 1.64. The van der Waals surface area contributed by atoms with Crippen LogP contribution in [0.2, 0.25) is 0 Å². The van der Waals surface area contributed by atoms with E-state index in [0.717, 1.165) is 11.4 Å². The standard InChI is InChI=1S/C11H16N2O2/c1-8(11(14)15)12-9-5-4-6-10(7-9)13(2)3/h4-8,12H,1-3H3,(H,14,15). The third kappa shape index (κ3) is 3.16. The zero-order chi connectivity index (χ0) is 11.4. The second-order valence-electron chi connectivity index (χ2n) is 3.65. The van der Waals surface area contributed by atoms with Crippen LogP contribution in [-0.4, -0.2) is 31.2 Å². The van der Waals surface area contributed by atoms with Crippen LogP contribution in [0.3, 0.4) is 0 Å². The number of nitrogens with one attached hydrogen (secondary N) is 1. The minimum atomic E-state index is -0.856. The number of hydrogen-bond acceptors (Lipinski definition) is 3. The molecule has 1 unspecified atom stereocenters. The molecule has 0 aliphatic rings. The van der Waals surface area contributed by atoms with Crippen LogP contribution in [-0.2, 0) is 4.79 Å². The van der Waals surface area contributed by atoms with E-state index in [2.05, 4.69) is 5.32 Å². The van der Waals surface area contributed by atoms with E-state index in [1.807, 2.05) is 43.3 Å². The second kappa shape index (κ2) is 4.68. The first kappa shape index (κ1) is 11.4. The van der Waals surface area contributed by atoms with Gasteiger partial charge in [-0.15, -0.1) is 0 Å². The Bertz CT molecular complexity index is 350. The molecule has 2 N–H and O–H groups in total. The van der Waals surface area contributed by atoms with Crippen molar-refractivity contribution in [2.24, 2.45) is 0 Å². The summed E-state index contributed by atoms with van der Waals surface area (Å²) in [6.45, 7) is 1.62. The van der Waals surface area contributed by atoms with Gasteiger partial charge in [-0.05, 0) is 25.1 Å². The maximum atomic E-state index is 10.6. The van der Waals surface area contributed by atoms with Crippen molar-refractivity contribution in [2.75, 3.05) is 24.3 Å². The van der Waals surface area contributed by atoms with E-state index in [4.69, 9.17) is 5.11 Å². The van der Waals surface area contributed by atoms with Gasteiger partial charge in [-0.2, -0.15) is 0 Å². The van der Waals surface area contributed by atoms with Crippen molar-refractivity contribution in [3.05, 3.63) is 24.3 Å². The molecule has 4 nitrogen and oxygen atoms in total. The molecule has 0 heterocycles. The summed E-state index contributed by atoms with van der Waals surface area (Å²) in [7, 11) is 3.89. The van der Waals surface area contributed by atoms with Crippen LogP contribution in [0.15, 0.2) is 24.3 Å². The lowest BCUT2D eigenvalue weighted by molar-refractivity contribution is -0.137. The monoisotopic (exact) mass is 208 g/mol. The minimum absolute atomic E-state index is 0.581. The highest BCUT2D eigenvalue weighted by molar-refractivity contribution is 5.77. The molecule has 1 rings (SSSR count). The zero-order valence-corrected chi connectivity index (χ0v) is 9.19. The molecule has 0 saturated heterocycles. The molecule has 4 heteroatoms. The number of hydrogen-bond donors (Lipinski definition) is 2. The van der Waals surface area contributed by atoms with Gasteiger partial charge in [-0.3, -0.25) is 4.79 Å². The summed E-state index contributed by atoms with van der Waals surface area (Å²) in [6.07, 6.45) is 0. The number of carbonyl (C=O) groups is 1. The smallest absolute Gasteiger partial charge is 0.325 e. The Kier molecular flexibility index (Phi) is 3.55. The molecule has 0 aliphatic carbocycles. The Balaban J connectivity index is 2.78. The number of anilines is 2. The van der Waals surface area contributed by atoms with Gasteiger partial charge in [0, 0.05) is 25.5 Å². The lowest BCUT2D eigenvalue weighted by atomic mass is 10.2. The van der Waals surface area contributed by atoms with E-state index in [0.29, 0.717) is 0 Å². The first-order chi connectivity index (χ1) is 7.00. The molecule has 0 radical (unpaired) electrons. The van der Waals surface area contributed by atoms with Crippen LogP contribution in [0.25, 0.3) is 0 Å². The molecule has 0 amide bonds. The number of carboxylic acids is 1. The molecule has 1 aromatic carbocycles. The van der Waals surface area contributed by atoms with Gasteiger partial charge in [0.1, 0.15) is 6.04 Å². The molecule has 0 aromatic heterocycles. The van der Waals surface area contributed by atoms with Crippen molar-refractivity contribution < 1.29 is 9.90 Å². The molecular formula is C11H16N2O2. The molecule has 15 heavy (non-hydrogen) atoms. The molecule has 0 fully saturated rings. The molecule has 1 atom stereocenters. The summed E-state index contributed by atoms with van der Waals surface area (Å²) in [5, 5.41) is 11.7. The summed E-state index contributed by atoms with van der Waals surface area (Å²) >= 11 is 0. The third-order valence-corrected chi connectivity index (χ3v) is 2.12. The van der Waals surface area contributed by atoms with E-state index in [-0.39, 0.29) is 0 Å². The fourth-order valence-corrected chi connectivity index (χ4v) is 1.19. The molecule has 1 aromatic rings. The molecular weight excluding hydrogens is 192 g/mol. The Morgan fingerprint density at radius 2 is 2.13 bits per heavy atom. The van der Waals surface area contributed by atoms with Gasteiger partial charge in [-0.25, -0.2) is 0 Å². The van der Waals surface area contributed by atoms with Gasteiger partial charge in [0.25, 0.3) is 0 Å². The second-order valence-corrected chi connectivity index (χ2v) is 3.65. The SMILES string of the molecule is CC(Nc1cccc(N(C)C)c1)C(=O)O. The quantitative estimate of drug-likeness (QED) is 0.789. The van der Waals surface area contributed by atoms with Gasteiger partial charge in [0.2, 0.25) is 0 Å². The first-order valence-corrected chi connectivity index (χ1v) is 4.77. The van der Waals surface area contributed by atoms with Gasteiger partial charge in [0.15, 0.2) is 0 Å². The molecule has 0 spiro atoms. The van der Waals surface area contributed by atoms with E-state index in [9.17, 15) is 4.79 Å². The summed E-state index contributed by atoms with van der Waals surface area (Å²) < 4.78 is 0. The molecule has 82 valence electrons. The summed E-state index contributed by atoms with van der Waals surface area (Å²) in [5.74, 6) is -0.856. The van der Waals surface area contributed by atoms with Crippen molar-refractivity contribution >= 4 is 17.3 Å². The fourth-order valence-electron chi connectivity index (χ4n) is 1.19. The summed E-state index contributed by atoms with van der Waals surface area (Å²) in [5.41, 5.74) is 1.86. The highest BCUT2D eigenvalue weighted by atomic mass is 16.4. The van der Waals surface area contributed by atoms with Crippen LogP contribution < -0.4 is 10.2 Å². The van der Waals surface area contributed by atoms with E-state index in [1.54, 1.807) is 6.92 Å². The number of nitrogens with zero attached hydrogens (tertiary/aromatic N) is 1. The third-order valence-electron chi connectivity index (χ3n) is 2.12. The zero-order valence-electron chi connectivity index (χ0n) is 9.19. The Hall–Kier alpha value is -1.71. The number of carboxylic acid groups (broad SMARTS) is 1. The summed E-state index contributed by atoms with van der Waals surface area (Å²) in [4.78, 5) is 12.6. The minimum Gasteiger partial charge on any atom is -0.480 e. The van der Waals surface area contributed by atoms with Crippen LogP contribution >= 0.6 is 0 Å². The Labute approximate surface area is 89.5 Å².